The Morgan fingerprint density at radius 1 is 1.36 bits per heavy atom. The van der Waals surface area contributed by atoms with E-state index in [4.69, 9.17) is 21.1 Å². The predicted octanol–water partition coefficient (Wildman–Crippen LogP) is 4.03. The number of carbonyl (C=O) groups is 1. The molecule has 3 rings (SSSR count). The molecule has 0 fully saturated rings. The number of ether oxygens (including phenoxy) is 2. The zero-order valence-corrected chi connectivity index (χ0v) is 16.8. The van der Waals surface area contributed by atoms with Gasteiger partial charge in [0.1, 0.15) is 5.65 Å². The molecule has 146 valence electrons. The molecule has 1 aromatic carbocycles. The van der Waals surface area contributed by atoms with Crippen molar-refractivity contribution in [3.8, 4) is 11.5 Å². The number of methoxy groups -OCH3 is 1. The van der Waals surface area contributed by atoms with Crippen molar-refractivity contribution in [2.24, 2.45) is 0 Å². The lowest BCUT2D eigenvalue weighted by atomic mass is 10.2. The molecular formula is C21H22ClN3O3. The van der Waals surface area contributed by atoms with Crippen LogP contribution >= 0.6 is 11.6 Å². The third kappa shape index (κ3) is 4.46. The van der Waals surface area contributed by atoms with Crippen LogP contribution in [0.5, 0.6) is 11.5 Å². The molecule has 0 spiro atoms. The summed E-state index contributed by atoms with van der Waals surface area (Å²) in [5, 5.41) is 3.26. The van der Waals surface area contributed by atoms with Crippen LogP contribution in [0.15, 0.2) is 42.6 Å². The molecule has 0 saturated heterocycles. The summed E-state index contributed by atoms with van der Waals surface area (Å²) in [6, 6.07) is 9.40. The minimum Gasteiger partial charge on any atom is -0.491 e. The molecule has 0 aliphatic carbocycles. The van der Waals surface area contributed by atoms with Crippen molar-refractivity contribution in [1.82, 2.24) is 14.7 Å². The third-order valence-electron chi connectivity index (χ3n) is 4.15. The van der Waals surface area contributed by atoms with Crippen LogP contribution in [0.4, 0.5) is 0 Å². The molecule has 7 heteroatoms. The van der Waals surface area contributed by atoms with Gasteiger partial charge in [-0.3, -0.25) is 4.79 Å². The van der Waals surface area contributed by atoms with Crippen molar-refractivity contribution in [2.75, 3.05) is 13.7 Å². The lowest BCUT2D eigenvalue weighted by molar-refractivity contribution is -0.116. The highest BCUT2D eigenvalue weighted by Crippen LogP contribution is 2.36. The largest absolute Gasteiger partial charge is 0.491 e. The predicted molar refractivity (Wildman–Crippen MR) is 110 cm³/mol. The number of pyridine rings is 1. The first-order valence-electron chi connectivity index (χ1n) is 8.91. The van der Waals surface area contributed by atoms with Crippen LogP contribution in [-0.4, -0.2) is 29.0 Å². The molecule has 0 aliphatic rings. The van der Waals surface area contributed by atoms with E-state index in [1.807, 2.05) is 42.6 Å². The number of hydrogen-bond donors (Lipinski definition) is 1. The Hall–Kier alpha value is -2.99. The molecular weight excluding hydrogens is 378 g/mol. The summed E-state index contributed by atoms with van der Waals surface area (Å²) in [5.41, 5.74) is 3.48. The van der Waals surface area contributed by atoms with Crippen molar-refractivity contribution < 1.29 is 14.3 Å². The Kier molecular flexibility index (Phi) is 6.21. The number of halogens is 1. The number of fused-ring (bicyclic) bond motifs is 1. The fraction of sp³-hybridized carbons (Fsp3) is 0.238. The van der Waals surface area contributed by atoms with Crippen molar-refractivity contribution in [3.05, 3.63) is 64.6 Å². The molecule has 2 heterocycles. The van der Waals surface area contributed by atoms with Gasteiger partial charge in [0.15, 0.2) is 11.5 Å². The maximum Gasteiger partial charge on any atom is 0.244 e. The highest BCUT2D eigenvalue weighted by molar-refractivity contribution is 6.32. The van der Waals surface area contributed by atoms with Crippen LogP contribution in [0.3, 0.4) is 0 Å². The number of amides is 1. The van der Waals surface area contributed by atoms with Gasteiger partial charge in [0.05, 0.1) is 31.0 Å². The molecule has 0 atom stereocenters. The first-order chi connectivity index (χ1) is 13.5. The number of aromatic nitrogens is 2. The first-order valence-corrected chi connectivity index (χ1v) is 9.29. The van der Waals surface area contributed by atoms with E-state index in [0.29, 0.717) is 29.7 Å². The molecule has 0 saturated carbocycles. The van der Waals surface area contributed by atoms with E-state index in [1.165, 1.54) is 13.2 Å². The Labute approximate surface area is 168 Å². The van der Waals surface area contributed by atoms with Crippen LogP contribution in [0.1, 0.15) is 23.9 Å². The molecule has 0 unspecified atom stereocenters. The van der Waals surface area contributed by atoms with E-state index >= 15 is 0 Å². The number of benzene rings is 1. The molecule has 0 aliphatic heterocycles. The van der Waals surface area contributed by atoms with Crippen LogP contribution in [0.25, 0.3) is 11.7 Å². The van der Waals surface area contributed by atoms with Crippen LogP contribution in [0, 0.1) is 6.92 Å². The van der Waals surface area contributed by atoms with E-state index in [-0.39, 0.29) is 5.91 Å². The number of nitrogens with one attached hydrogen (secondary N) is 1. The molecule has 3 aromatic rings. The molecule has 1 N–H and O–H groups in total. The van der Waals surface area contributed by atoms with Crippen molar-refractivity contribution in [3.63, 3.8) is 0 Å². The second-order valence-electron chi connectivity index (χ2n) is 6.15. The second kappa shape index (κ2) is 8.80. The summed E-state index contributed by atoms with van der Waals surface area (Å²) in [6.07, 6.45) is 5.05. The number of hydrogen-bond acceptors (Lipinski definition) is 4. The summed E-state index contributed by atoms with van der Waals surface area (Å²) in [6.45, 7) is 4.72. The van der Waals surface area contributed by atoms with E-state index < -0.39 is 0 Å². The number of imidazole rings is 1. The number of nitrogens with zero attached hydrogens (tertiary/aromatic N) is 2. The summed E-state index contributed by atoms with van der Waals surface area (Å²) >= 11 is 6.23. The van der Waals surface area contributed by atoms with E-state index in [1.54, 1.807) is 18.2 Å². The number of rotatable bonds is 7. The Bertz CT molecular complexity index is 1030. The monoisotopic (exact) mass is 399 g/mol. The molecule has 6 nitrogen and oxygen atoms in total. The quantitative estimate of drug-likeness (QED) is 0.609. The number of carbonyl (C=O) groups excluding carboxylic acids is 1. The third-order valence-corrected chi connectivity index (χ3v) is 4.43. The molecule has 0 bridgehead atoms. The Morgan fingerprint density at radius 2 is 2.18 bits per heavy atom. The topological polar surface area (TPSA) is 64.9 Å². The van der Waals surface area contributed by atoms with Gasteiger partial charge in [0, 0.05) is 18.0 Å². The van der Waals surface area contributed by atoms with Gasteiger partial charge in [0.2, 0.25) is 5.91 Å². The van der Waals surface area contributed by atoms with Gasteiger partial charge >= 0.3 is 0 Å². The van der Waals surface area contributed by atoms with Crippen molar-refractivity contribution in [2.45, 2.75) is 20.4 Å². The zero-order chi connectivity index (χ0) is 20.1. The molecule has 2 aromatic heterocycles. The zero-order valence-electron chi connectivity index (χ0n) is 16.0. The summed E-state index contributed by atoms with van der Waals surface area (Å²) < 4.78 is 12.8. The Balaban J connectivity index is 1.67. The van der Waals surface area contributed by atoms with Crippen molar-refractivity contribution >= 4 is 29.2 Å². The van der Waals surface area contributed by atoms with Gasteiger partial charge in [-0.2, -0.15) is 0 Å². The fourth-order valence-electron chi connectivity index (χ4n) is 2.84. The smallest absolute Gasteiger partial charge is 0.244 e. The minimum atomic E-state index is -0.223. The normalized spacial score (nSPS) is 11.1. The van der Waals surface area contributed by atoms with E-state index in [9.17, 15) is 4.79 Å². The maximum absolute atomic E-state index is 12.2. The summed E-state index contributed by atoms with van der Waals surface area (Å²) in [4.78, 5) is 16.7. The highest BCUT2D eigenvalue weighted by Gasteiger charge is 2.10. The van der Waals surface area contributed by atoms with Crippen LogP contribution in [0.2, 0.25) is 5.02 Å². The van der Waals surface area contributed by atoms with Crippen LogP contribution in [-0.2, 0) is 11.3 Å². The molecule has 0 radical (unpaired) electrons. The van der Waals surface area contributed by atoms with Gasteiger partial charge in [-0.1, -0.05) is 17.7 Å². The fourth-order valence-corrected chi connectivity index (χ4v) is 3.13. The van der Waals surface area contributed by atoms with Gasteiger partial charge in [-0.25, -0.2) is 4.98 Å². The molecule has 28 heavy (non-hydrogen) atoms. The van der Waals surface area contributed by atoms with E-state index in [0.717, 1.165) is 22.6 Å². The second-order valence-corrected chi connectivity index (χ2v) is 6.55. The van der Waals surface area contributed by atoms with Crippen LogP contribution < -0.4 is 14.8 Å². The maximum atomic E-state index is 12.2. The lowest BCUT2D eigenvalue weighted by Crippen LogP contribution is -2.20. The Morgan fingerprint density at radius 3 is 2.89 bits per heavy atom. The molecule has 1 amide bonds. The average molecular weight is 400 g/mol. The lowest BCUT2D eigenvalue weighted by Gasteiger charge is -2.11. The summed E-state index contributed by atoms with van der Waals surface area (Å²) in [5.74, 6) is 0.795. The number of aryl methyl sites for hydroxylation is 1. The van der Waals surface area contributed by atoms with Gasteiger partial charge < -0.3 is 19.2 Å². The average Bonchev–Trinajstić information content (AvgIpc) is 3.09. The highest BCUT2D eigenvalue weighted by atomic mass is 35.5. The SMILES string of the molecule is CCOc1cc(/C=C/C(=O)NCc2cn3c(C)cccc3n2)cc(Cl)c1OC. The van der Waals surface area contributed by atoms with Gasteiger partial charge in [-0.05, 0) is 49.8 Å². The van der Waals surface area contributed by atoms with Gasteiger partial charge in [0.25, 0.3) is 0 Å². The van der Waals surface area contributed by atoms with Gasteiger partial charge in [-0.15, -0.1) is 0 Å². The van der Waals surface area contributed by atoms with E-state index in [2.05, 4.69) is 10.3 Å². The minimum absolute atomic E-state index is 0.223. The first kappa shape index (κ1) is 19.8. The standard InChI is InChI=1S/C21H22ClN3O3/c1-4-28-18-11-15(10-17(22)21(18)27-3)8-9-20(26)23-12-16-13-25-14(2)6-5-7-19(25)24-16/h5-11,13H,4,12H2,1-3H3,(H,23,26)/b9-8+. The van der Waals surface area contributed by atoms with Crippen molar-refractivity contribution in [1.29, 1.82) is 0 Å². The summed E-state index contributed by atoms with van der Waals surface area (Å²) in [7, 11) is 1.54.